The Morgan fingerprint density at radius 1 is 1.24 bits per heavy atom. The fourth-order valence-electron chi connectivity index (χ4n) is 4.31. The molecular formula is C21H31N3O5. The van der Waals surface area contributed by atoms with Gasteiger partial charge >= 0.3 is 0 Å². The molecule has 0 radical (unpaired) electrons. The van der Waals surface area contributed by atoms with Gasteiger partial charge in [-0.2, -0.15) is 0 Å². The second-order valence-corrected chi connectivity index (χ2v) is 8.02. The molecule has 0 aromatic heterocycles. The van der Waals surface area contributed by atoms with E-state index >= 15 is 0 Å². The van der Waals surface area contributed by atoms with E-state index in [1.807, 2.05) is 6.07 Å². The minimum Gasteiger partial charge on any atom is -0.486 e. The number of piperidine rings is 1. The molecule has 3 heterocycles. The Morgan fingerprint density at radius 2 is 2.10 bits per heavy atom. The maximum absolute atomic E-state index is 12.8. The number of amides is 1. The van der Waals surface area contributed by atoms with Gasteiger partial charge in [-0.3, -0.25) is 9.69 Å². The molecule has 1 aromatic carbocycles. The number of rotatable bonds is 6. The Bertz CT molecular complexity index is 723. The number of hydrogen-bond donors (Lipinski definition) is 3. The van der Waals surface area contributed by atoms with Crippen LogP contribution in [0.1, 0.15) is 29.6 Å². The number of likely N-dealkylation sites (tertiary alicyclic amines) is 1. The number of ether oxygens (including phenoxy) is 3. The zero-order valence-corrected chi connectivity index (χ0v) is 17.0. The fourth-order valence-corrected chi connectivity index (χ4v) is 4.31. The van der Waals surface area contributed by atoms with Crippen LogP contribution in [0.3, 0.4) is 0 Å². The van der Waals surface area contributed by atoms with Crippen LogP contribution < -0.4 is 20.1 Å². The number of hydrogen-bond acceptors (Lipinski definition) is 7. The van der Waals surface area contributed by atoms with Gasteiger partial charge in [0.25, 0.3) is 5.91 Å². The number of nitrogens with one attached hydrogen (secondary N) is 2. The lowest BCUT2D eigenvalue weighted by atomic mass is 9.93. The molecule has 8 nitrogen and oxygen atoms in total. The molecule has 160 valence electrons. The van der Waals surface area contributed by atoms with Crippen LogP contribution in [0.5, 0.6) is 11.5 Å². The van der Waals surface area contributed by atoms with Gasteiger partial charge < -0.3 is 30.0 Å². The topological polar surface area (TPSA) is 92.3 Å². The Labute approximate surface area is 171 Å². The van der Waals surface area contributed by atoms with E-state index in [1.165, 1.54) is 0 Å². The number of carbonyl (C=O) groups excluding carboxylic acids is 1. The standard InChI is InChI=1S/C21H31N3O5/c1-22-15-9-17(20-19(10-15)28-7-8-29-20)21(26)23-11-14-4-5-24(13-18(14)25)12-16-3-2-6-27-16/h9-10,14,16,18,22,25H,2-8,11-13H2,1H3,(H,23,26)/t14-,16?,18?/m0/s1. The highest BCUT2D eigenvalue weighted by Gasteiger charge is 2.30. The lowest BCUT2D eigenvalue weighted by Gasteiger charge is -2.37. The summed E-state index contributed by atoms with van der Waals surface area (Å²) in [5, 5.41) is 16.6. The van der Waals surface area contributed by atoms with Gasteiger partial charge in [-0.15, -0.1) is 0 Å². The van der Waals surface area contributed by atoms with Crippen molar-refractivity contribution < 1.29 is 24.1 Å². The summed E-state index contributed by atoms with van der Waals surface area (Å²) in [6.45, 7) is 4.61. The number of aliphatic hydroxyl groups is 1. The molecule has 0 saturated carbocycles. The summed E-state index contributed by atoms with van der Waals surface area (Å²) in [7, 11) is 1.80. The first-order valence-electron chi connectivity index (χ1n) is 10.6. The number of carbonyl (C=O) groups is 1. The molecule has 3 atom stereocenters. The largest absolute Gasteiger partial charge is 0.486 e. The van der Waals surface area contributed by atoms with Crippen LogP contribution in [-0.2, 0) is 4.74 Å². The highest BCUT2D eigenvalue weighted by Crippen LogP contribution is 2.37. The van der Waals surface area contributed by atoms with Crippen molar-refractivity contribution in [3.63, 3.8) is 0 Å². The van der Waals surface area contributed by atoms with Crippen LogP contribution in [0.15, 0.2) is 12.1 Å². The van der Waals surface area contributed by atoms with Crippen molar-refractivity contribution in [2.45, 2.75) is 31.5 Å². The number of benzene rings is 1. The van der Waals surface area contributed by atoms with Gasteiger partial charge in [-0.1, -0.05) is 0 Å². The summed E-state index contributed by atoms with van der Waals surface area (Å²) in [4.78, 5) is 15.1. The van der Waals surface area contributed by atoms with Gasteiger partial charge in [0, 0.05) is 51.0 Å². The van der Waals surface area contributed by atoms with E-state index < -0.39 is 6.10 Å². The second kappa shape index (κ2) is 9.19. The van der Waals surface area contributed by atoms with E-state index in [2.05, 4.69) is 15.5 Å². The van der Waals surface area contributed by atoms with E-state index in [-0.39, 0.29) is 11.8 Å². The highest BCUT2D eigenvalue weighted by atomic mass is 16.6. The third kappa shape index (κ3) is 4.76. The molecular weight excluding hydrogens is 374 g/mol. The van der Waals surface area contributed by atoms with Crippen molar-refractivity contribution in [1.82, 2.24) is 10.2 Å². The highest BCUT2D eigenvalue weighted by molar-refractivity contribution is 5.99. The summed E-state index contributed by atoms with van der Waals surface area (Å²) >= 11 is 0. The first-order valence-corrected chi connectivity index (χ1v) is 10.6. The van der Waals surface area contributed by atoms with Gasteiger partial charge in [-0.05, 0) is 31.9 Å². The maximum Gasteiger partial charge on any atom is 0.255 e. The number of fused-ring (bicyclic) bond motifs is 1. The van der Waals surface area contributed by atoms with E-state index in [1.54, 1.807) is 13.1 Å². The number of aliphatic hydroxyl groups excluding tert-OH is 1. The summed E-state index contributed by atoms with van der Waals surface area (Å²) in [6, 6.07) is 3.60. The second-order valence-electron chi connectivity index (χ2n) is 8.02. The predicted molar refractivity (Wildman–Crippen MR) is 109 cm³/mol. The van der Waals surface area contributed by atoms with E-state index in [4.69, 9.17) is 14.2 Å². The van der Waals surface area contributed by atoms with Crippen molar-refractivity contribution in [3.05, 3.63) is 17.7 Å². The van der Waals surface area contributed by atoms with Gasteiger partial charge in [0.05, 0.1) is 17.8 Å². The minimum absolute atomic E-state index is 0.0418. The lowest BCUT2D eigenvalue weighted by molar-refractivity contribution is -0.00192. The molecule has 3 aliphatic rings. The SMILES string of the molecule is CNc1cc2c(c(C(=O)NC[C@@H]3CCN(CC4CCCO4)CC3O)c1)OCCO2. The fraction of sp³-hybridized carbons (Fsp3) is 0.667. The average molecular weight is 405 g/mol. The molecule has 3 N–H and O–H groups in total. The molecule has 3 aliphatic heterocycles. The molecule has 0 aliphatic carbocycles. The molecule has 4 rings (SSSR count). The molecule has 0 spiro atoms. The quantitative estimate of drug-likeness (QED) is 0.653. The number of nitrogens with zero attached hydrogens (tertiary/aromatic N) is 1. The minimum atomic E-state index is -0.456. The first-order chi connectivity index (χ1) is 14.1. The molecule has 29 heavy (non-hydrogen) atoms. The first kappa shape index (κ1) is 20.3. The number of β-amino-alcohol motifs (C(OH)–C–C–N with tert-alkyl or cyclic N) is 1. The average Bonchev–Trinajstić information content (AvgIpc) is 3.25. The van der Waals surface area contributed by atoms with Gasteiger partial charge in [0.1, 0.15) is 13.2 Å². The van der Waals surface area contributed by atoms with Crippen LogP contribution in [0, 0.1) is 5.92 Å². The summed E-state index contributed by atoms with van der Waals surface area (Å²) in [5.74, 6) is 0.897. The predicted octanol–water partition coefficient (Wildman–Crippen LogP) is 1.09. The molecule has 1 aromatic rings. The normalized spacial score (nSPS) is 26.9. The zero-order chi connectivity index (χ0) is 20.2. The van der Waals surface area contributed by atoms with E-state index in [0.717, 1.165) is 44.6 Å². The van der Waals surface area contributed by atoms with Crippen molar-refractivity contribution in [2.75, 3.05) is 58.4 Å². The van der Waals surface area contributed by atoms with Gasteiger partial charge in [0.15, 0.2) is 11.5 Å². The van der Waals surface area contributed by atoms with Crippen LogP contribution in [0.25, 0.3) is 0 Å². The summed E-state index contributed by atoms with van der Waals surface area (Å²) < 4.78 is 17.0. The molecule has 2 saturated heterocycles. The maximum atomic E-state index is 12.8. The molecule has 0 bridgehead atoms. The van der Waals surface area contributed by atoms with Crippen LogP contribution >= 0.6 is 0 Å². The molecule has 2 fully saturated rings. The molecule has 1 amide bonds. The van der Waals surface area contributed by atoms with Crippen LogP contribution in [-0.4, -0.2) is 81.2 Å². The number of anilines is 1. The Balaban J connectivity index is 1.33. The monoisotopic (exact) mass is 405 g/mol. The van der Waals surface area contributed by atoms with Gasteiger partial charge in [-0.25, -0.2) is 0 Å². The third-order valence-electron chi connectivity index (χ3n) is 5.99. The smallest absolute Gasteiger partial charge is 0.255 e. The summed E-state index contributed by atoms with van der Waals surface area (Å²) in [5.41, 5.74) is 1.25. The van der Waals surface area contributed by atoms with Gasteiger partial charge in [0.2, 0.25) is 0 Å². The Kier molecular flexibility index (Phi) is 6.42. The van der Waals surface area contributed by atoms with E-state index in [0.29, 0.717) is 49.5 Å². The van der Waals surface area contributed by atoms with Crippen molar-refractivity contribution in [3.8, 4) is 11.5 Å². The summed E-state index contributed by atoms with van der Waals surface area (Å²) in [6.07, 6.45) is 2.92. The lowest BCUT2D eigenvalue weighted by Crippen LogP contribution is -2.49. The van der Waals surface area contributed by atoms with Crippen LogP contribution in [0.2, 0.25) is 0 Å². The zero-order valence-electron chi connectivity index (χ0n) is 17.0. The Hall–Kier alpha value is -2.03. The van der Waals surface area contributed by atoms with E-state index in [9.17, 15) is 9.90 Å². The van der Waals surface area contributed by atoms with Crippen molar-refractivity contribution in [2.24, 2.45) is 5.92 Å². The van der Waals surface area contributed by atoms with Crippen molar-refractivity contribution >= 4 is 11.6 Å². The van der Waals surface area contributed by atoms with Crippen molar-refractivity contribution in [1.29, 1.82) is 0 Å². The molecule has 2 unspecified atom stereocenters. The third-order valence-corrected chi connectivity index (χ3v) is 5.99. The van der Waals surface area contributed by atoms with Crippen LogP contribution in [0.4, 0.5) is 5.69 Å². The Morgan fingerprint density at radius 3 is 2.86 bits per heavy atom. The molecule has 8 heteroatoms.